The molecule has 2 heterocycles. The molecule has 0 atom stereocenters. The standard InChI is InChI=1S/C15H22N4S/c1-3-19(9-11-5-4-6-11)10-13-17-14(16-2)12-7-8-20-15(12)18-13/h7-8,11H,3-6,9-10H2,1-2H3,(H,16,17,18). The van der Waals surface area contributed by atoms with Crippen molar-refractivity contribution in [2.75, 3.05) is 25.5 Å². The summed E-state index contributed by atoms with van der Waals surface area (Å²) in [5.74, 6) is 2.78. The van der Waals surface area contributed by atoms with Crippen molar-refractivity contribution in [1.82, 2.24) is 14.9 Å². The average molecular weight is 290 g/mol. The van der Waals surface area contributed by atoms with E-state index in [1.165, 1.54) is 25.8 Å². The maximum Gasteiger partial charge on any atom is 0.146 e. The number of rotatable bonds is 6. The van der Waals surface area contributed by atoms with Gasteiger partial charge in [-0.15, -0.1) is 11.3 Å². The molecule has 1 saturated carbocycles. The Kier molecular flexibility index (Phi) is 4.17. The van der Waals surface area contributed by atoms with E-state index in [1.54, 1.807) is 11.3 Å². The van der Waals surface area contributed by atoms with Crippen LogP contribution in [0.2, 0.25) is 0 Å². The molecule has 0 spiro atoms. The summed E-state index contributed by atoms with van der Waals surface area (Å²) in [5.41, 5.74) is 0. The highest BCUT2D eigenvalue weighted by atomic mass is 32.1. The number of nitrogens with one attached hydrogen (secondary N) is 1. The highest BCUT2D eigenvalue weighted by molar-refractivity contribution is 7.16. The molecule has 1 aliphatic carbocycles. The summed E-state index contributed by atoms with van der Waals surface area (Å²) in [7, 11) is 1.93. The number of aromatic nitrogens is 2. The molecule has 2 aromatic rings. The molecule has 3 rings (SSSR count). The molecule has 20 heavy (non-hydrogen) atoms. The molecule has 0 amide bonds. The number of thiophene rings is 1. The van der Waals surface area contributed by atoms with E-state index in [0.717, 1.165) is 40.9 Å². The predicted octanol–water partition coefficient (Wildman–Crippen LogP) is 3.36. The molecular weight excluding hydrogens is 268 g/mol. The van der Waals surface area contributed by atoms with Gasteiger partial charge in [-0.05, 0) is 36.8 Å². The van der Waals surface area contributed by atoms with Crippen molar-refractivity contribution in [3.63, 3.8) is 0 Å². The monoisotopic (exact) mass is 290 g/mol. The number of hydrogen-bond donors (Lipinski definition) is 1. The van der Waals surface area contributed by atoms with Crippen LogP contribution in [0, 0.1) is 5.92 Å². The molecular formula is C15H22N4S. The van der Waals surface area contributed by atoms with Crippen LogP contribution in [0.25, 0.3) is 10.2 Å². The molecule has 5 heteroatoms. The van der Waals surface area contributed by atoms with E-state index >= 15 is 0 Å². The Morgan fingerprint density at radius 3 is 2.90 bits per heavy atom. The first kappa shape index (κ1) is 13.8. The van der Waals surface area contributed by atoms with Gasteiger partial charge in [0, 0.05) is 13.6 Å². The topological polar surface area (TPSA) is 41.1 Å². The van der Waals surface area contributed by atoms with Gasteiger partial charge in [-0.1, -0.05) is 13.3 Å². The van der Waals surface area contributed by atoms with E-state index in [0.29, 0.717) is 0 Å². The van der Waals surface area contributed by atoms with Gasteiger partial charge in [0.15, 0.2) is 0 Å². The summed E-state index contributed by atoms with van der Waals surface area (Å²) in [5, 5.41) is 6.40. The molecule has 0 aliphatic heterocycles. The van der Waals surface area contributed by atoms with E-state index in [4.69, 9.17) is 4.98 Å². The first-order valence-electron chi connectivity index (χ1n) is 7.44. The van der Waals surface area contributed by atoms with Gasteiger partial charge in [-0.3, -0.25) is 4.90 Å². The lowest BCUT2D eigenvalue weighted by Gasteiger charge is -2.31. The number of anilines is 1. The Bertz CT molecular complexity index is 576. The Hall–Kier alpha value is -1.20. The molecule has 0 aromatic carbocycles. The summed E-state index contributed by atoms with van der Waals surface area (Å²) in [4.78, 5) is 12.9. The minimum Gasteiger partial charge on any atom is -0.372 e. The van der Waals surface area contributed by atoms with Gasteiger partial charge in [-0.25, -0.2) is 9.97 Å². The van der Waals surface area contributed by atoms with Crippen LogP contribution in [0.1, 0.15) is 32.0 Å². The molecule has 0 unspecified atom stereocenters. The van der Waals surface area contributed by atoms with E-state index < -0.39 is 0 Å². The molecule has 0 radical (unpaired) electrons. The third-order valence-corrected chi connectivity index (χ3v) is 4.97. The zero-order valence-corrected chi connectivity index (χ0v) is 13.0. The van der Waals surface area contributed by atoms with Gasteiger partial charge in [0.1, 0.15) is 16.5 Å². The van der Waals surface area contributed by atoms with E-state index in [9.17, 15) is 0 Å². The molecule has 0 bridgehead atoms. The third-order valence-electron chi connectivity index (χ3n) is 4.16. The summed E-state index contributed by atoms with van der Waals surface area (Å²) >= 11 is 1.69. The fourth-order valence-corrected chi connectivity index (χ4v) is 3.49. The van der Waals surface area contributed by atoms with Gasteiger partial charge in [0.25, 0.3) is 0 Å². The smallest absolute Gasteiger partial charge is 0.146 e. The van der Waals surface area contributed by atoms with Crippen molar-refractivity contribution in [2.45, 2.75) is 32.7 Å². The Balaban J connectivity index is 1.77. The van der Waals surface area contributed by atoms with Crippen LogP contribution in [0.5, 0.6) is 0 Å². The summed E-state index contributed by atoms with van der Waals surface area (Å²) in [6, 6.07) is 2.08. The quantitative estimate of drug-likeness (QED) is 0.885. The van der Waals surface area contributed by atoms with Crippen LogP contribution in [0.15, 0.2) is 11.4 Å². The maximum atomic E-state index is 4.71. The molecule has 108 valence electrons. The fraction of sp³-hybridized carbons (Fsp3) is 0.600. The van der Waals surface area contributed by atoms with E-state index in [2.05, 4.69) is 33.6 Å². The van der Waals surface area contributed by atoms with Crippen molar-refractivity contribution in [3.8, 4) is 0 Å². The lowest BCUT2D eigenvalue weighted by atomic mass is 9.85. The average Bonchev–Trinajstić information content (AvgIpc) is 2.88. The maximum absolute atomic E-state index is 4.71. The van der Waals surface area contributed by atoms with Crippen molar-refractivity contribution in [2.24, 2.45) is 5.92 Å². The zero-order valence-electron chi connectivity index (χ0n) is 12.2. The summed E-state index contributed by atoms with van der Waals surface area (Å²) in [6.07, 6.45) is 4.19. The molecule has 1 N–H and O–H groups in total. The first-order chi connectivity index (χ1) is 9.80. The number of fused-ring (bicyclic) bond motifs is 1. The largest absolute Gasteiger partial charge is 0.372 e. The van der Waals surface area contributed by atoms with Crippen LogP contribution in [0.3, 0.4) is 0 Å². The van der Waals surface area contributed by atoms with Gasteiger partial charge in [0.2, 0.25) is 0 Å². The molecule has 1 aliphatic rings. The van der Waals surface area contributed by atoms with E-state index in [-0.39, 0.29) is 0 Å². The highest BCUT2D eigenvalue weighted by Crippen LogP contribution is 2.28. The molecule has 1 fully saturated rings. The fourth-order valence-electron chi connectivity index (χ4n) is 2.71. The summed E-state index contributed by atoms with van der Waals surface area (Å²) < 4.78 is 0. The number of hydrogen-bond acceptors (Lipinski definition) is 5. The first-order valence-corrected chi connectivity index (χ1v) is 8.32. The van der Waals surface area contributed by atoms with Gasteiger partial charge < -0.3 is 5.32 Å². The van der Waals surface area contributed by atoms with Crippen molar-refractivity contribution >= 4 is 27.4 Å². The second-order valence-corrected chi connectivity index (χ2v) is 6.40. The lowest BCUT2D eigenvalue weighted by molar-refractivity contribution is 0.175. The van der Waals surface area contributed by atoms with E-state index in [1.807, 2.05) is 7.05 Å². The molecule has 0 saturated heterocycles. The Labute approximate surface area is 124 Å². The second kappa shape index (κ2) is 6.06. The van der Waals surface area contributed by atoms with Crippen molar-refractivity contribution in [3.05, 3.63) is 17.3 Å². The summed E-state index contributed by atoms with van der Waals surface area (Å²) in [6.45, 7) is 5.34. The van der Waals surface area contributed by atoms with Crippen LogP contribution >= 0.6 is 11.3 Å². The SMILES string of the molecule is CCN(Cc1nc(NC)c2ccsc2n1)CC1CCC1. The second-order valence-electron chi connectivity index (χ2n) is 5.50. The Morgan fingerprint density at radius 2 is 2.25 bits per heavy atom. The van der Waals surface area contributed by atoms with Crippen LogP contribution in [-0.4, -0.2) is 35.0 Å². The lowest BCUT2D eigenvalue weighted by Crippen LogP contribution is -2.32. The Morgan fingerprint density at radius 1 is 1.40 bits per heavy atom. The van der Waals surface area contributed by atoms with Crippen LogP contribution in [-0.2, 0) is 6.54 Å². The van der Waals surface area contributed by atoms with Gasteiger partial charge >= 0.3 is 0 Å². The van der Waals surface area contributed by atoms with Crippen LogP contribution in [0.4, 0.5) is 5.82 Å². The van der Waals surface area contributed by atoms with Crippen LogP contribution < -0.4 is 5.32 Å². The predicted molar refractivity (Wildman–Crippen MR) is 85.3 cm³/mol. The van der Waals surface area contributed by atoms with Crippen molar-refractivity contribution in [1.29, 1.82) is 0 Å². The third kappa shape index (κ3) is 2.79. The normalized spacial score (nSPS) is 15.8. The zero-order chi connectivity index (χ0) is 13.9. The molecule has 2 aromatic heterocycles. The number of nitrogens with zero attached hydrogens (tertiary/aromatic N) is 3. The molecule has 4 nitrogen and oxygen atoms in total. The van der Waals surface area contributed by atoms with Gasteiger partial charge in [-0.2, -0.15) is 0 Å². The van der Waals surface area contributed by atoms with Crippen molar-refractivity contribution < 1.29 is 0 Å². The minimum absolute atomic E-state index is 0.857. The minimum atomic E-state index is 0.857. The highest BCUT2D eigenvalue weighted by Gasteiger charge is 2.20. The van der Waals surface area contributed by atoms with Gasteiger partial charge in [0.05, 0.1) is 11.9 Å².